The van der Waals surface area contributed by atoms with Crippen molar-refractivity contribution in [3.05, 3.63) is 23.3 Å². The lowest BCUT2D eigenvalue weighted by Crippen LogP contribution is -1.96. The zero-order chi connectivity index (χ0) is 10.6. The average molecular weight is 201 g/mol. The first-order chi connectivity index (χ1) is 7.24. The first kappa shape index (κ1) is 8.49. The van der Waals surface area contributed by atoms with Crippen molar-refractivity contribution in [2.75, 3.05) is 0 Å². The standard InChI is InChI=1S/C12H11NO2/c1-2-5-13-11(14)9-7-3-4-8(6-7)10(9)12(13)15/h1,3-4,7-8,14-15H,5-6H2/t7-,8+. The van der Waals surface area contributed by atoms with Gasteiger partial charge in [0.1, 0.15) is 0 Å². The van der Waals surface area contributed by atoms with Crippen LogP contribution in [-0.4, -0.2) is 14.8 Å². The van der Waals surface area contributed by atoms with Gasteiger partial charge in [-0.3, -0.25) is 4.57 Å². The fourth-order valence-electron chi connectivity index (χ4n) is 2.73. The molecule has 2 bridgehead atoms. The van der Waals surface area contributed by atoms with Crippen molar-refractivity contribution < 1.29 is 10.2 Å². The number of fused-ring (bicyclic) bond motifs is 5. The van der Waals surface area contributed by atoms with Gasteiger partial charge >= 0.3 is 0 Å². The summed E-state index contributed by atoms with van der Waals surface area (Å²) in [4.78, 5) is 0. The van der Waals surface area contributed by atoms with Gasteiger partial charge in [-0.05, 0) is 6.42 Å². The lowest BCUT2D eigenvalue weighted by Gasteiger charge is -2.05. The molecule has 2 aliphatic rings. The van der Waals surface area contributed by atoms with Crippen LogP contribution in [0.3, 0.4) is 0 Å². The van der Waals surface area contributed by atoms with Crippen LogP contribution < -0.4 is 0 Å². The van der Waals surface area contributed by atoms with E-state index in [0.29, 0.717) is 0 Å². The quantitative estimate of drug-likeness (QED) is 0.536. The number of allylic oxidation sites excluding steroid dienone is 2. The minimum atomic E-state index is 0.136. The Morgan fingerprint density at radius 3 is 2.27 bits per heavy atom. The zero-order valence-electron chi connectivity index (χ0n) is 8.14. The highest BCUT2D eigenvalue weighted by atomic mass is 16.3. The summed E-state index contributed by atoms with van der Waals surface area (Å²) >= 11 is 0. The summed E-state index contributed by atoms with van der Waals surface area (Å²) in [5, 5.41) is 19.9. The second kappa shape index (κ2) is 2.60. The molecular formula is C12H11NO2. The summed E-state index contributed by atoms with van der Waals surface area (Å²) in [5.41, 5.74) is 1.74. The van der Waals surface area contributed by atoms with Crippen molar-refractivity contribution in [3.63, 3.8) is 0 Å². The van der Waals surface area contributed by atoms with E-state index in [1.165, 1.54) is 4.57 Å². The zero-order valence-corrected chi connectivity index (χ0v) is 8.14. The van der Waals surface area contributed by atoms with E-state index in [9.17, 15) is 10.2 Å². The molecule has 0 fully saturated rings. The van der Waals surface area contributed by atoms with Gasteiger partial charge in [0.2, 0.25) is 0 Å². The molecular weight excluding hydrogens is 190 g/mol. The Labute approximate surface area is 87.7 Å². The number of aromatic nitrogens is 1. The third-order valence-electron chi connectivity index (χ3n) is 3.36. The summed E-state index contributed by atoms with van der Waals surface area (Å²) in [7, 11) is 0. The summed E-state index contributed by atoms with van der Waals surface area (Å²) < 4.78 is 1.40. The molecule has 2 N–H and O–H groups in total. The van der Waals surface area contributed by atoms with E-state index in [2.05, 4.69) is 18.1 Å². The summed E-state index contributed by atoms with van der Waals surface area (Å²) in [6, 6.07) is 0. The van der Waals surface area contributed by atoms with Crippen LogP contribution in [0.25, 0.3) is 0 Å². The Morgan fingerprint density at radius 2 is 1.80 bits per heavy atom. The molecule has 2 atom stereocenters. The number of rotatable bonds is 1. The molecule has 76 valence electrons. The molecule has 0 spiro atoms. The van der Waals surface area contributed by atoms with Crippen LogP contribution in [0.5, 0.6) is 11.8 Å². The molecule has 0 aromatic carbocycles. The molecule has 1 aromatic heterocycles. The van der Waals surface area contributed by atoms with Crippen molar-refractivity contribution in [3.8, 4) is 24.1 Å². The molecule has 0 saturated carbocycles. The van der Waals surface area contributed by atoms with E-state index in [1.54, 1.807) is 0 Å². The smallest absolute Gasteiger partial charge is 0.198 e. The molecule has 0 radical (unpaired) electrons. The minimum absolute atomic E-state index is 0.136. The molecule has 1 heterocycles. The van der Waals surface area contributed by atoms with Crippen LogP contribution in [0, 0.1) is 12.3 Å². The molecule has 0 amide bonds. The van der Waals surface area contributed by atoms with E-state index in [-0.39, 0.29) is 30.1 Å². The Morgan fingerprint density at radius 1 is 1.27 bits per heavy atom. The number of hydrogen-bond acceptors (Lipinski definition) is 2. The summed E-state index contributed by atoms with van der Waals surface area (Å²) in [6.45, 7) is 0.212. The minimum Gasteiger partial charge on any atom is -0.494 e. The third-order valence-corrected chi connectivity index (χ3v) is 3.36. The number of hydrogen-bond donors (Lipinski definition) is 2. The highest BCUT2D eigenvalue weighted by Gasteiger charge is 2.40. The lowest BCUT2D eigenvalue weighted by molar-refractivity contribution is 0.373. The summed E-state index contributed by atoms with van der Waals surface area (Å²) in [5.74, 6) is 3.22. The monoisotopic (exact) mass is 201 g/mol. The van der Waals surface area contributed by atoms with Gasteiger partial charge in [0, 0.05) is 23.0 Å². The molecule has 1 aromatic rings. The molecule has 15 heavy (non-hydrogen) atoms. The van der Waals surface area contributed by atoms with Crippen molar-refractivity contribution in [2.45, 2.75) is 24.8 Å². The van der Waals surface area contributed by atoms with Crippen molar-refractivity contribution in [2.24, 2.45) is 0 Å². The first-order valence-electron chi connectivity index (χ1n) is 5.00. The van der Waals surface area contributed by atoms with Crippen LogP contribution in [0.4, 0.5) is 0 Å². The van der Waals surface area contributed by atoms with Gasteiger partial charge in [0.05, 0.1) is 6.54 Å². The molecule has 0 aliphatic heterocycles. The van der Waals surface area contributed by atoms with Crippen LogP contribution >= 0.6 is 0 Å². The fourth-order valence-corrected chi connectivity index (χ4v) is 2.73. The van der Waals surface area contributed by atoms with Crippen LogP contribution in [0.15, 0.2) is 12.2 Å². The van der Waals surface area contributed by atoms with Crippen LogP contribution in [-0.2, 0) is 6.54 Å². The molecule has 3 nitrogen and oxygen atoms in total. The van der Waals surface area contributed by atoms with Crippen molar-refractivity contribution >= 4 is 0 Å². The van der Waals surface area contributed by atoms with Gasteiger partial charge in [-0.2, -0.15) is 0 Å². The highest BCUT2D eigenvalue weighted by Crippen LogP contribution is 2.56. The fraction of sp³-hybridized carbons (Fsp3) is 0.333. The number of terminal acetylenes is 1. The Bertz CT molecular complexity index is 469. The average Bonchev–Trinajstić information content (AvgIpc) is 2.87. The van der Waals surface area contributed by atoms with E-state index in [0.717, 1.165) is 17.5 Å². The highest BCUT2D eigenvalue weighted by molar-refractivity contribution is 5.58. The van der Waals surface area contributed by atoms with E-state index >= 15 is 0 Å². The van der Waals surface area contributed by atoms with Gasteiger partial charge in [-0.25, -0.2) is 0 Å². The molecule has 0 unspecified atom stereocenters. The van der Waals surface area contributed by atoms with Crippen LogP contribution in [0.2, 0.25) is 0 Å². The number of aromatic hydroxyl groups is 2. The van der Waals surface area contributed by atoms with Crippen molar-refractivity contribution in [1.29, 1.82) is 0 Å². The van der Waals surface area contributed by atoms with Gasteiger partial charge in [0.15, 0.2) is 11.8 Å². The normalized spacial score (nSPS) is 25.5. The maximum Gasteiger partial charge on any atom is 0.198 e. The Balaban J connectivity index is 2.22. The molecule has 2 aliphatic carbocycles. The Kier molecular flexibility index (Phi) is 1.47. The summed E-state index contributed by atoms with van der Waals surface area (Å²) in [6.07, 6.45) is 10.3. The molecule has 0 saturated heterocycles. The maximum atomic E-state index is 9.96. The third kappa shape index (κ3) is 0.866. The topological polar surface area (TPSA) is 45.4 Å². The van der Waals surface area contributed by atoms with E-state index in [1.807, 2.05) is 0 Å². The van der Waals surface area contributed by atoms with Gasteiger partial charge in [-0.1, -0.05) is 18.1 Å². The largest absolute Gasteiger partial charge is 0.494 e. The van der Waals surface area contributed by atoms with E-state index in [4.69, 9.17) is 6.42 Å². The van der Waals surface area contributed by atoms with Crippen LogP contribution in [0.1, 0.15) is 29.4 Å². The maximum absolute atomic E-state index is 9.96. The predicted molar refractivity (Wildman–Crippen MR) is 55.8 cm³/mol. The first-order valence-corrected chi connectivity index (χ1v) is 5.00. The predicted octanol–water partition coefficient (Wildman–Crippen LogP) is 1.67. The second-order valence-electron chi connectivity index (χ2n) is 4.10. The number of nitrogens with zero attached hydrogens (tertiary/aromatic N) is 1. The van der Waals surface area contributed by atoms with Gasteiger partial charge in [-0.15, -0.1) is 6.42 Å². The van der Waals surface area contributed by atoms with E-state index < -0.39 is 0 Å². The molecule has 3 rings (SSSR count). The SMILES string of the molecule is C#CCn1c(O)c2c(c1O)[C@H]1C=C[C@@H]2C1. The van der Waals surface area contributed by atoms with Gasteiger partial charge in [0.25, 0.3) is 0 Å². The van der Waals surface area contributed by atoms with Gasteiger partial charge < -0.3 is 10.2 Å². The Hall–Kier alpha value is -1.82. The molecule has 3 heteroatoms. The second-order valence-corrected chi connectivity index (χ2v) is 4.10. The van der Waals surface area contributed by atoms with Crippen molar-refractivity contribution in [1.82, 2.24) is 4.57 Å². The lowest BCUT2D eigenvalue weighted by atomic mass is 10.0.